The van der Waals surface area contributed by atoms with E-state index in [9.17, 15) is 4.79 Å². The van der Waals surface area contributed by atoms with Gasteiger partial charge in [-0.3, -0.25) is 9.63 Å². The number of carbonyl (C=O) groups is 1. The molecule has 0 spiro atoms. The fourth-order valence-corrected chi connectivity index (χ4v) is 1.66. The van der Waals surface area contributed by atoms with E-state index in [0.717, 1.165) is 10.9 Å². The molecule has 1 aliphatic heterocycles. The van der Waals surface area contributed by atoms with Gasteiger partial charge in [-0.2, -0.15) is 0 Å². The molecule has 0 unspecified atom stereocenters. The van der Waals surface area contributed by atoms with E-state index < -0.39 is 0 Å². The number of benzene rings is 1. The maximum absolute atomic E-state index is 11.6. The van der Waals surface area contributed by atoms with E-state index in [0.29, 0.717) is 18.9 Å². The van der Waals surface area contributed by atoms with Crippen LogP contribution in [0.4, 0.5) is 0 Å². The van der Waals surface area contributed by atoms with Crippen LogP contribution in [0.3, 0.4) is 0 Å². The number of hydrogen-bond donors (Lipinski definition) is 0. The standard InChI is InChI=1S/C11H12BrNO3/c12-9-2-4-10(5-3-9)15-8-11(14)13-6-1-7-16-13/h2-5H,1,6-8H2. The van der Waals surface area contributed by atoms with E-state index in [1.807, 2.05) is 24.3 Å². The Balaban J connectivity index is 1.82. The number of amides is 1. The molecular formula is C11H12BrNO3. The highest BCUT2D eigenvalue weighted by Gasteiger charge is 2.19. The van der Waals surface area contributed by atoms with Crippen molar-refractivity contribution in [3.63, 3.8) is 0 Å². The highest BCUT2D eigenvalue weighted by molar-refractivity contribution is 9.10. The van der Waals surface area contributed by atoms with Crippen molar-refractivity contribution < 1.29 is 14.4 Å². The predicted octanol–water partition coefficient (Wildman–Crippen LogP) is 1.99. The van der Waals surface area contributed by atoms with Crippen molar-refractivity contribution in [1.29, 1.82) is 0 Å². The Kier molecular flexibility index (Phi) is 3.79. The molecule has 16 heavy (non-hydrogen) atoms. The molecule has 1 saturated heterocycles. The topological polar surface area (TPSA) is 38.8 Å². The Bertz CT molecular complexity index is 360. The number of hydroxylamine groups is 2. The van der Waals surface area contributed by atoms with Crippen LogP contribution in [0.25, 0.3) is 0 Å². The first kappa shape index (κ1) is 11.4. The van der Waals surface area contributed by atoms with Gasteiger partial charge in [-0.25, -0.2) is 5.06 Å². The van der Waals surface area contributed by atoms with Crippen molar-refractivity contribution >= 4 is 21.8 Å². The van der Waals surface area contributed by atoms with Crippen molar-refractivity contribution in [3.05, 3.63) is 28.7 Å². The third-order valence-corrected chi connectivity index (χ3v) is 2.74. The normalized spacial score (nSPS) is 15.2. The van der Waals surface area contributed by atoms with E-state index in [2.05, 4.69) is 15.9 Å². The van der Waals surface area contributed by atoms with E-state index in [-0.39, 0.29) is 12.5 Å². The Labute approximate surface area is 102 Å². The van der Waals surface area contributed by atoms with Crippen LogP contribution in [-0.4, -0.2) is 30.7 Å². The summed E-state index contributed by atoms with van der Waals surface area (Å²) in [4.78, 5) is 16.7. The summed E-state index contributed by atoms with van der Waals surface area (Å²) in [5.74, 6) is 0.538. The number of halogens is 1. The first-order chi connectivity index (χ1) is 7.75. The Morgan fingerprint density at radius 1 is 1.44 bits per heavy atom. The average molecular weight is 286 g/mol. The Morgan fingerprint density at radius 3 is 2.81 bits per heavy atom. The van der Waals surface area contributed by atoms with E-state index >= 15 is 0 Å². The lowest BCUT2D eigenvalue weighted by Crippen LogP contribution is -2.31. The zero-order chi connectivity index (χ0) is 11.4. The first-order valence-electron chi connectivity index (χ1n) is 5.07. The SMILES string of the molecule is O=C(COc1ccc(Br)cc1)N1CCCO1. The molecule has 5 heteroatoms. The quantitative estimate of drug-likeness (QED) is 0.853. The third kappa shape index (κ3) is 2.96. The van der Waals surface area contributed by atoms with Crippen LogP contribution in [0.1, 0.15) is 6.42 Å². The molecular weight excluding hydrogens is 274 g/mol. The summed E-state index contributed by atoms with van der Waals surface area (Å²) < 4.78 is 6.32. The smallest absolute Gasteiger partial charge is 0.283 e. The fourth-order valence-electron chi connectivity index (χ4n) is 1.39. The zero-order valence-electron chi connectivity index (χ0n) is 8.69. The van der Waals surface area contributed by atoms with Crippen LogP contribution in [-0.2, 0) is 9.63 Å². The van der Waals surface area contributed by atoms with Gasteiger partial charge in [0, 0.05) is 4.47 Å². The summed E-state index contributed by atoms with van der Waals surface area (Å²) in [6.07, 6.45) is 0.893. The van der Waals surface area contributed by atoms with Crippen molar-refractivity contribution in [2.45, 2.75) is 6.42 Å². The molecule has 0 N–H and O–H groups in total. The van der Waals surface area contributed by atoms with Gasteiger partial charge in [0.05, 0.1) is 13.2 Å². The molecule has 1 aromatic rings. The molecule has 0 bridgehead atoms. The maximum atomic E-state index is 11.6. The Hall–Kier alpha value is -1.07. The van der Waals surface area contributed by atoms with Crippen LogP contribution in [0.15, 0.2) is 28.7 Å². The molecule has 0 aromatic heterocycles. The molecule has 0 atom stereocenters. The van der Waals surface area contributed by atoms with Gasteiger partial charge in [-0.15, -0.1) is 0 Å². The van der Waals surface area contributed by atoms with Gasteiger partial charge in [-0.05, 0) is 30.7 Å². The fraction of sp³-hybridized carbons (Fsp3) is 0.364. The molecule has 86 valence electrons. The van der Waals surface area contributed by atoms with E-state index in [1.54, 1.807) is 0 Å². The molecule has 0 saturated carbocycles. The molecule has 1 aliphatic rings. The molecule has 0 radical (unpaired) electrons. The highest BCUT2D eigenvalue weighted by Crippen LogP contribution is 2.16. The number of nitrogens with zero attached hydrogens (tertiary/aromatic N) is 1. The highest BCUT2D eigenvalue weighted by atomic mass is 79.9. The lowest BCUT2D eigenvalue weighted by Gasteiger charge is -2.14. The zero-order valence-corrected chi connectivity index (χ0v) is 10.3. The summed E-state index contributed by atoms with van der Waals surface area (Å²) in [5.41, 5.74) is 0. The van der Waals surface area contributed by atoms with Crippen molar-refractivity contribution in [2.75, 3.05) is 19.8 Å². The summed E-state index contributed by atoms with van der Waals surface area (Å²) in [6, 6.07) is 7.35. The van der Waals surface area contributed by atoms with Gasteiger partial charge >= 0.3 is 0 Å². The molecule has 1 aromatic carbocycles. The lowest BCUT2D eigenvalue weighted by atomic mass is 10.3. The van der Waals surface area contributed by atoms with Gasteiger partial charge < -0.3 is 4.74 Å². The van der Waals surface area contributed by atoms with E-state index in [1.165, 1.54) is 5.06 Å². The molecule has 0 aliphatic carbocycles. The second-order valence-electron chi connectivity index (χ2n) is 3.43. The van der Waals surface area contributed by atoms with Gasteiger partial charge in [0.1, 0.15) is 5.75 Å². The minimum atomic E-state index is -0.139. The van der Waals surface area contributed by atoms with Crippen LogP contribution in [0.2, 0.25) is 0 Å². The van der Waals surface area contributed by atoms with Gasteiger partial charge in [0.15, 0.2) is 6.61 Å². The number of rotatable bonds is 3. The first-order valence-corrected chi connectivity index (χ1v) is 5.86. The maximum Gasteiger partial charge on any atom is 0.283 e. The predicted molar refractivity (Wildman–Crippen MR) is 61.9 cm³/mol. The van der Waals surface area contributed by atoms with Crippen LogP contribution < -0.4 is 4.74 Å². The molecule has 1 fully saturated rings. The third-order valence-electron chi connectivity index (χ3n) is 2.21. The molecule has 1 heterocycles. The number of ether oxygens (including phenoxy) is 1. The van der Waals surface area contributed by atoms with Crippen LogP contribution >= 0.6 is 15.9 Å². The van der Waals surface area contributed by atoms with Gasteiger partial charge in [0.2, 0.25) is 0 Å². The van der Waals surface area contributed by atoms with Crippen LogP contribution in [0.5, 0.6) is 5.75 Å². The molecule has 2 rings (SSSR count). The summed E-state index contributed by atoms with van der Waals surface area (Å²) >= 11 is 3.33. The number of hydrogen-bond acceptors (Lipinski definition) is 3. The lowest BCUT2D eigenvalue weighted by molar-refractivity contribution is -0.170. The monoisotopic (exact) mass is 285 g/mol. The number of carbonyl (C=O) groups excluding carboxylic acids is 1. The summed E-state index contributed by atoms with van der Waals surface area (Å²) in [5, 5.41) is 1.36. The summed E-state index contributed by atoms with van der Waals surface area (Å²) in [7, 11) is 0. The van der Waals surface area contributed by atoms with Gasteiger partial charge in [-0.1, -0.05) is 15.9 Å². The van der Waals surface area contributed by atoms with Crippen molar-refractivity contribution in [1.82, 2.24) is 5.06 Å². The second-order valence-corrected chi connectivity index (χ2v) is 4.34. The molecule has 1 amide bonds. The average Bonchev–Trinajstić information content (AvgIpc) is 2.81. The Morgan fingerprint density at radius 2 is 2.19 bits per heavy atom. The summed E-state index contributed by atoms with van der Waals surface area (Å²) in [6.45, 7) is 1.29. The minimum absolute atomic E-state index is 0.0155. The minimum Gasteiger partial charge on any atom is -0.484 e. The van der Waals surface area contributed by atoms with Crippen LogP contribution in [0, 0.1) is 0 Å². The van der Waals surface area contributed by atoms with Gasteiger partial charge in [0.25, 0.3) is 5.91 Å². The van der Waals surface area contributed by atoms with Crippen molar-refractivity contribution in [2.24, 2.45) is 0 Å². The molecule has 4 nitrogen and oxygen atoms in total. The van der Waals surface area contributed by atoms with Crippen molar-refractivity contribution in [3.8, 4) is 5.75 Å². The largest absolute Gasteiger partial charge is 0.484 e. The van der Waals surface area contributed by atoms with E-state index in [4.69, 9.17) is 9.57 Å². The second kappa shape index (κ2) is 5.32.